The van der Waals surface area contributed by atoms with E-state index in [0.717, 1.165) is 0 Å². The van der Waals surface area contributed by atoms with E-state index in [4.69, 9.17) is 14.2 Å². The Kier molecular flexibility index (Phi) is 3.91. The molecule has 1 aromatic carbocycles. The molecule has 0 bridgehead atoms. The molecule has 122 valence electrons. The first-order chi connectivity index (χ1) is 11.6. The van der Waals surface area contributed by atoms with Gasteiger partial charge in [0.15, 0.2) is 11.9 Å². The van der Waals surface area contributed by atoms with Gasteiger partial charge < -0.3 is 14.2 Å². The van der Waals surface area contributed by atoms with Gasteiger partial charge in [-0.2, -0.15) is 10.5 Å². The van der Waals surface area contributed by atoms with E-state index in [0.29, 0.717) is 42.1 Å². The maximum Gasteiger partial charge on any atom is 0.215 e. The third-order valence-corrected chi connectivity index (χ3v) is 4.49. The van der Waals surface area contributed by atoms with Crippen LogP contribution >= 0.6 is 0 Å². The minimum atomic E-state index is -1.66. The predicted octanol–water partition coefficient (Wildman–Crippen LogP) is 2.82. The van der Waals surface area contributed by atoms with Gasteiger partial charge in [0, 0.05) is 24.5 Å². The number of ketones is 1. The highest BCUT2D eigenvalue weighted by Gasteiger charge is 2.56. The number of nitriles is 2. The molecule has 0 spiro atoms. The highest BCUT2D eigenvalue weighted by atomic mass is 16.5. The number of carbonyl (C=O) groups excluding carboxylic acids is 1. The Labute approximate surface area is 139 Å². The Balaban J connectivity index is 2.15. The van der Waals surface area contributed by atoms with Crippen molar-refractivity contribution < 1.29 is 19.0 Å². The second-order valence-electron chi connectivity index (χ2n) is 5.71. The molecule has 0 saturated heterocycles. The Morgan fingerprint density at radius 2 is 1.96 bits per heavy atom. The van der Waals surface area contributed by atoms with E-state index in [1.165, 1.54) is 14.2 Å². The lowest BCUT2D eigenvalue weighted by Gasteiger charge is -2.24. The number of nitrogens with zero attached hydrogens (tertiary/aromatic N) is 2. The molecule has 6 nitrogen and oxygen atoms in total. The van der Waals surface area contributed by atoms with E-state index in [-0.39, 0.29) is 11.4 Å². The monoisotopic (exact) mass is 324 g/mol. The maximum absolute atomic E-state index is 12.3. The van der Waals surface area contributed by atoms with E-state index in [1.807, 2.05) is 12.1 Å². The second-order valence-corrected chi connectivity index (χ2v) is 5.71. The molecule has 0 N–H and O–H groups in total. The molecule has 0 radical (unpaired) electrons. The van der Waals surface area contributed by atoms with Gasteiger partial charge in [0.05, 0.1) is 31.9 Å². The third-order valence-electron chi connectivity index (χ3n) is 4.49. The van der Waals surface area contributed by atoms with E-state index < -0.39 is 11.5 Å². The average Bonchev–Trinajstić information content (AvgIpc) is 2.96. The number of Topliss-reactive ketones (excluding diaryl/α,β-unsaturated/α-hetero) is 1. The van der Waals surface area contributed by atoms with Crippen molar-refractivity contribution in [2.45, 2.75) is 25.4 Å². The molecular weight excluding hydrogens is 308 g/mol. The third kappa shape index (κ3) is 2.11. The minimum absolute atomic E-state index is 0.186. The summed E-state index contributed by atoms with van der Waals surface area (Å²) in [4.78, 5) is 12.3. The summed E-state index contributed by atoms with van der Waals surface area (Å²) < 4.78 is 16.5. The molecule has 24 heavy (non-hydrogen) atoms. The van der Waals surface area contributed by atoms with Gasteiger partial charge in [0.1, 0.15) is 17.3 Å². The minimum Gasteiger partial charge on any atom is -0.497 e. The predicted molar refractivity (Wildman–Crippen MR) is 82.9 cm³/mol. The van der Waals surface area contributed by atoms with Crippen LogP contribution in [-0.2, 0) is 9.53 Å². The normalized spacial score (nSPS) is 21.3. The van der Waals surface area contributed by atoms with Crippen LogP contribution in [0, 0.1) is 28.1 Å². The SMILES string of the molecule is COc1ccc(C2OC3=C(C(=O)CCC3)C2(C#N)C#N)c(OC)c1. The van der Waals surface area contributed by atoms with Crippen LogP contribution in [0.4, 0.5) is 0 Å². The standard InChI is InChI=1S/C18H16N2O4/c1-22-11-6-7-12(15(8-11)23-2)17-18(9-19,10-20)16-13(21)4-3-5-14(16)24-17/h6-8,17H,3-5H2,1-2H3. The first-order valence-electron chi connectivity index (χ1n) is 7.59. The van der Waals surface area contributed by atoms with Crippen LogP contribution < -0.4 is 9.47 Å². The van der Waals surface area contributed by atoms with Gasteiger partial charge in [-0.15, -0.1) is 0 Å². The molecular formula is C18H16N2O4. The Hall–Kier alpha value is -2.99. The van der Waals surface area contributed by atoms with Crippen LogP contribution in [0.2, 0.25) is 0 Å². The smallest absolute Gasteiger partial charge is 0.215 e. The van der Waals surface area contributed by atoms with Crippen LogP contribution in [0.1, 0.15) is 30.9 Å². The first kappa shape index (κ1) is 15.9. The van der Waals surface area contributed by atoms with Crippen LogP contribution in [0.25, 0.3) is 0 Å². The lowest BCUT2D eigenvalue weighted by atomic mass is 9.72. The Morgan fingerprint density at radius 3 is 2.58 bits per heavy atom. The number of ether oxygens (including phenoxy) is 3. The first-order valence-corrected chi connectivity index (χ1v) is 7.59. The van der Waals surface area contributed by atoms with Gasteiger partial charge in [0.25, 0.3) is 0 Å². The van der Waals surface area contributed by atoms with Gasteiger partial charge in [-0.05, 0) is 18.6 Å². The summed E-state index contributed by atoms with van der Waals surface area (Å²) in [7, 11) is 3.03. The zero-order valence-electron chi connectivity index (χ0n) is 13.5. The zero-order chi connectivity index (χ0) is 17.3. The van der Waals surface area contributed by atoms with Gasteiger partial charge in [-0.25, -0.2) is 0 Å². The summed E-state index contributed by atoms with van der Waals surface area (Å²) in [5.41, 5.74) is -0.903. The number of carbonyl (C=O) groups is 1. The largest absolute Gasteiger partial charge is 0.497 e. The molecule has 1 aromatic rings. The van der Waals surface area contributed by atoms with Crippen LogP contribution in [0.3, 0.4) is 0 Å². The summed E-state index contributed by atoms with van der Waals surface area (Å²) in [6.07, 6.45) is 0.651. The number of benzene rings is 1. The molecule has 0 amide bonds. The molecule has 1 unspecified atom stereocenters. The molecule has 1 atom stereocenters. The number of rotatable bonds is 3. The maximum atomic E-state index is 12.3. The lowest BCUT2D eigenvalue weighted by molar-refractivity contribution is -0.116. The number of methoxy groups -OCH3 is 2. The van der Waals surface area contributed by atoms with Gasteiger partial charge in [0.2, 0.25) is 5.41 Å². The number of allylic oxidation sites excluding steroid dienone is 1. The van der Waals surface area contributed by atoms with Crippen molar-refractivity contribution in [3.63, 3.8) is 0 Å². The highest BCUT2D eigenvalue weighted by molar-refractivity contribution is 6.00. The van der Waals surface area contributed by atoms with Gasteiger partial charge in [-0.1, -0.05) is 0 Å². The van der Waals surface area contributed by atoms with Crippen molar-refractivity contribution in [2.75, 3.05) is 14.2 Å². The average molecular weight is 324 g/mol. The summed E-state index contributed by atoms with van der Waals surface area (Å²) in [6.45, 7) is 0. The van der Waals surface area contributed by atoms with Crippen molar-refractivity contribution in [1.29, 1.82) is 10.5 Å². The summed E-state index contributed by atoms with van der Waals surface area (Å²) >= 11 is 0. The fraction of sp³-hybridized carbons (Fsp3) is 0.389. The molecule has 0 aromatic heterocycles. The topological polar surface area (TPSA) is 92.3 Å². The molecule has 1 heterocycles. The second kappa shape index (κ2) is 5.90. The van der Waals surface area contributed by atoms with Crippen molar-refractivity contribution in [3.8, 4) is 23.6 Å². The Bertz CT molecular complexity index is 799. The van der Waals surface area contributed by atoms with E-state index in [1.54, 1.807) is 18.2 Å². The highest BCUT2D eigenvalue weighted by Crippen LogP contribution is 2.55. The van der Waals surface area contributed by atoms with Crippen molar-refractivity contribution in [1.82, 2.24) is 0 Å². The lowest BCUT2D eigenvalue weighted by Crippen LogP contribution is -2.29. The van der Waals surface area contributed by atoms with Crippen molar-refractivity contribution in [3.05, 3.63) is 35.1 Å². The number of hydrogen-bond acceptors (Lipinski definition) is 6. The van der Waals surface area contributed by atoms with Gasteiger partial charge in [-0.3, -0.25) is 4.79 Å². The molecule has 6 heteroatoms. The zero-order valence-corrected chi connectivity index (χ0v) is 13.5. The molecule has 0 saturated carbocycles. The summed E-state index contributed by atoms with van der Waals surface area (Å²) in [6, 6.07) is 9.14. The van der Waals surface area contributed by atoms with Crippen molar-refractivity contribution in [2.24, 2.45) is 5.41 Å². The van der Waals surface area contributed by atoms with Crippen LogP contribution in [0.5, 0.6) is 11.5 Å². The quantitative estimate of drug-likeness (QED) is 0.849. The molecule has 2 aliphatic rings. The Morgan fingerprint density at radius 1 is 1.21 bits per heavy atom. The van der Waals surface area contributed by atoms with E-state index in [2.05, 4.69) is 0 Å². The summed E-state index contributed by atoms with van der Waals surface area (Å²) in [5.74, 6) is 1.30. The van der Waals surface area contributed by atoms with Crippen molar-refractivity contribution >= 4 is 5.78 Å². The van der Waals surface area contributed by atoms with E-state index >= 15 is 0 Å². The molecule has 1 aliphatic heterocycles. The summed E-state index contributed by atoms with van der Waals surface area (Å²) in [5, 5.41) is 19.5. The molecule has 1 aliphatic carbocycles. The van der Waals surface area contributed by atoms with E-state index in [9.17, 15) is 15.3 Å². The fourth-order valence-corrected chi connectivity index (χ4v) is 3.32. The molecule has 3 rings (SSSR count). The fourth-order valence-electron chi connectivity index (χ4n) is 3.32. The van der Waals surface area contributed by atoms with Gasteiger partial charge >= 0.3 is 0 Å². The number of hydrogen-bond donors (Lipinski definition) is 0. The molecule has 0 fully saturated rings. The van der Waals surface area contributed by atoms with Crippen LogP contribution in [0.15, 0.2) is 29.5 Å². The van der Waals surface area contributed by atoms with Crippen LogP contribution in [-0.4, -0.2) is 20.0 Å².